The molecule has 0 nitrogen and oxygen atoms in total. The summed E-state index contributed by atoms with van der Waals surface area (Å²) < 4.78 is 0. The Morgan fingerprint density at radius 2 is 1.80 bits per heavy atom. The average Bonchev–Trinajstić information content (AvgIpc) is 2.92. The van der Waals surface area contributed by atoms with Gasteiger partial charge in [0, 0.05) is 0 Å². The number of fused-ring (bicyclic) bond motifs is 1. The molecular weight excluding hydrogens is 240 g/mol. The molecule has 0 N–H and O–H groups in total. The maximum Gasteiger partial charge on any atom is -0.00490 e. The van der Waals surface area contributed by atoms with Gasteiger partial charge in [-0.2, -0.15) is 0 Å². The molecule has 1 aliphatic carbocycles. The molecule has 1 atom stereocenters. The van der Waals surface area contributed by atoms with Gasteiger partial charge in [0.05, 0.1) is 0 Å². The van der Waals surface area contributed by atoms with Crippen molar-refractivity contribution in [2.75, 3.05) is 0 Å². The van der Waals surface area contributed by atoms with Crippen LogP contribution in [0.5, 0.6) is 0 Å². The molecule has 2 aromatic carbocycles. The van der Waals surface area contributed by atoms with E-state index in [0.717, 1.165) is 6.42 Å². The lowest BCUT2D eigenvalue weighted by Crippen LogP contribution is -1.99. The van der Waals surface area contributed by atoms with Crippen LogP contribution in [0.4, 0.5) is 0 Å². The van der Waals surface area contributed by atoms with Crippen molar-refractivity contribution in [3.8, 4) is 11.1 Å². The van der Waals surface area contributed by atoms with Crippen LogP contribution < -0.4 is 0 Å². The molecular formula is C20H22. The van der Waals surface area contributed by atoms with Crippen LogP contribution in [0.15, 0.2) is 54.1 Å². The number of hydrogen-bond donors (Lipinski definition) is 0. The molecule has 0 aromatic heterocycles. The molecule has 20 heavy (non-hydrogen) atoms. The smallest absolute Gasteiger partial charge is 0.00490 e. The molecule has 2 aromatic rings. The van der Waals surface area contributed by atoms with Crippen LogP contribution in [0.3, 0.4) is 0 Å². The summed E-state index contributed by atoms with van der Waals surface area (Å²) in [7, 11) is 0. The third kappa shape index (κ3) is 2.43. The molecule has 3 rings (SSSR count). The van der Waals surface area contributed by atoms with Gasteiger partial charge in [-0.1, -0.05) is 80.4 Å². The van der Waals surface area contributed by atoms with Crippen LogP contribution in [0.2, 0.25) is 0 Å². The van der Waals surface area contributed by atoms with Gasteiger partial charge >= 0.3 is 0 Å². The Kier molecular flexibility index (Phi) is 3.73. The van der Waals surface area contributed by atoms with E-state index in [2.05, 4.69) is 68.5 Å². The molecule has 0 aliphatic heterocycles. The summed E-state index contributed by atoms with van der Waals surface area (Å²) >= 11 is 0. The number of rotatable bonds is 4. The van der Waals surface area contributed by atoms with Crippen molar-refractivity contribution in [1.29, 1.82) is 0 Å². The van der Waals surface area contributed by atoms with Gasteiger partial charge in [-0.15, -0.1) is 0 Å². The van der Waals surface area contributed by atoms with E-state index in [1.165, 1.54) is 35.1 Å². The van der Waals surface area contributed by atoms with Gasteiger partial charge in [-0.05, 0) is 41.0 Å². The summed E-state index contributed by atoms with van der Waals surface area (Å²) in [5, 5.41) is 0. The molecule has 0 spiro atoms. The van der Waals surface area contributed by atoms with Crippen molar-refractivity contribution in [1.82, 2.24) is 0 Å². The summed E-state index contributed by atoms with van der Waals surface area (Å²) in [6.07, 6.45) is 6.10. The molecule has 0 radical (unpaired) electrons. The van der Waals surface area contributed by atoms with E-state index in [9.17, 15) is 0 Å². The lowest BCUT2D eigenvalue weighted by atomic mass is 9.92. The van der Waals surface area contributed by atoms with Gasteiger partial charge in [0.15, 0.2) is 0 Å². The van der Waals surface area contributed by atoms with Crippen molar-refractivity contribution < 1.29 is 0 Å². The first-order chi connectivity index (χ1) is 9.79. The molecule has 1 unspecified atom stereocenters. The largest absolute Gasteiger partial charge is 0.0654 e. The standard InChI is InChI=1S/C20H22/c1-3-8-15(2)18-13-17-11-7-12-19(20(17)14-18)16-9-5-4-6-10-16/h4-7,9-13,15H,3,8,14H2,1-2H3. The molecule has 0 amide bonds. The van der Waals surface area contributed by atoms with Crippen molar-refractivity contribution >= 4 is 6.08 Å². The molecule has 1 aliphatic rings. The second-order valence-electron chi connectivity index (χ2n) is 5.83. The van der Waals surface area contributed by atoms with Crippen molar-refractivity contribution in [3.63, 3.8) is 0 Å². The zero-order valence-corrected chi connectivity index (χ0v) is 12.4. The van der Waals surface area contributed by atoms with Gasteiger partial charge in [0.25, 0.3) is 0 Å². The highest BCUT2D eigenvalue weighted by atomic mass is 14.2. The van der Waals surface area contributed by atoms with Crippen LogP contribution in [-0.2, 0) is 6.42 Å². The summed E-state index contributed by atoms with van der Waals surface area (Å²) in [6.45, 7) is 4.64. The summed E-state index contributed by atoms with van der Waals surface area (Å²) in [5.41, 5.74) is 7.27. The lowest BCUT2D eigenvalue weighted by molar-refractivity contribution is 0.596. The predicted molar refractivity (Wildman–Crippen MR) is 87.6 cm³/mol. The van der Waals surface area contributed by atoms with E-state index in [-0.39, 0.29) is 0 Å². The second kappa shape index (κ2) is 5.66. The number of hydrogen-bond acceptors (Lipinski definition) is 0. The predicted octanol–water partition coefficient (Wildman–Crippen LogP) is 5.73. The highest BCUT2D eigenvalue weighted by molar-refractivity contribution is 5.77. The Balaban J connectivity index is 1.95. The minimum absolute atomic E-state index is 0.705. The van der Waals surface area contributed by atoms with Gasteiger partial charge in [0.2, 0.25) is 0 Å². The van der Waals surface area contributed by atoms with E-state index in [4.69, 9.17) is 0 Å². The number of allylic oxidation sites excluding steroid dienone is 1. The number of benzene rings is 2. The Hall–Kier alpha value is -1.82. The molecule has 102 valence electrons. The van der Waals surface area contributed by atoms with E-state index >= 15 is 0 Å². The van der Waals surface area contributed by atoms with E-state index < -0.39 is 0 Å². The minimum atomic E-state index is 0.705. The zero-order chi connectivity index (χ0) is 13.9. The van der Waals surface area contributed by atoms with Crippen LogP contribution in [0, 0.1) is 5.92 Å². The van der Waals surface area contributed by atoms with E-state index in [1.807, 2.05) is 0 Å². The fourth-order valence-electron chi connectivity index (χ4n) is 3.22. The molecule has 0 fully saturated rings. The Morgan fingerprint density at radius 1 is 1.00 bits per heavy atom. The van der Waals surface area contributed by atoms with Crippen molar-refractivity contribution in [2.45, 2.75) is 33.1 Å². The normalized spacial score (nSPS) is 14.8. The van der Waals surface area contributed by atoms with E-state index in [0.29, 0.717) is 5.92 Å². The van der Waals surface area contributed by atoms with Gasteiger partial charge in [0.1, 0.15) is 0 Å². The van der Waals surface area contributed by atoms with Gasteiger partial charge < -0.3 is 0 Å². The maximum absolute atomic E-state index is 2.42. The van der Waals surface area contributed by atoms with Crippen LogP contribution in [0.1, 0.15) is 37.8 Å². The SMILES string of the molecule is CCCC(C)C1=Cc2cccc(-c3ccccc3)c2C1. The average molecular weight is 262 g/mol. The van der Waals surface area contributed by atoms with Gasteiger partial charge in [-0.25, -0.2) is 0 Å². The third-order valence-electron chi connectivity index (χ3n) is 4.37. The lowest BCUT2D eigenvalue weighted by Gasteiger charge is -2.13. The quantitative estimate of drug-likeness (QED) is 0.660. The maximum atomic E-state index is 2.42. The van der Waals surface area contributed by atoms with Gasteiger partial charge in [-0.3, -0.25) is 0 Å². The topological polar surface area (TPSA) is 0 Å². The summed E-state index contributed by atoms with van der Waals surface area (Å²) in [6, 6.07) is 17.5. The van der Waals surface area contributed by atoms with Crippen LogP contribution in [-0.4, -0.2) is 0 Å². The third-order valence-corrected chi connectivity index (χ3v) is 4.37. The Labute approximate surface area is 122 Å². The van der Waals surface area contributed by atoms with Crippen LogP contribution >= 0.6 is 0 Å². The van der Waals surface area contributed by atoms with Crippen LogP contribution in [0.25, 0.3) is 17.2 Å². The van der Waals surface area contributed by atoms with Crippen molar-refractivity contribution in [2.24, 2.45) is 5.92 Å². The molecule has 0 heterocycles. The fourth-order valence-corrected chi connectivity index (χ4v) is 3.22. The Morgan fingerprint density at radius 3 is 2.55 bits per heavy atom. The zero-order valence-electron chi connectivity index (χ0n) is 12.4. The summed E-state index contributed by atoms with van der Waals surface area (Å²) in [5.74, 6) is 0.705. The Bertz CT molecular complexity index is 620. The molecule has 0 bridgehead atoms. The first kappa shape index (κ1) is 13.2. The highest BCUT2D eigenvalue weighted by Gasteiger charge is 2.19. The monoisotopic (exact) mass is 262 g/mol. The van der Waals surface area contributed by atoms with Crippen molar-refractivity contribution in [3.05, 3.63) is 65.2 Å². The molecule has 0 saturated carbocycles. The fraction of sp³-hybridized carbons (Fsp3) is 0.300. The molecule has 0 heteroatoms. The highest BCUT2D eigenvalue weighted by Crippen LogP contribution is 2.37. The first-order valence-electron chi connectivity index (χ1n) is 7.67. The second-order valence-corrected chi connectivity index (χ2v) is 5.83. The molecule has 0 saturated heterocycles. The first-order valence-corrected chi connectivity index (χ1v) is 7.67. The van der Waals surface area contributed by atoms with E-state index in [1.54, 1.807) is 5.57 Å². The minimum Gasteiger partial charge on any atom is -0.0654 e. The summed E-state index contributed by atoms with van der Waals surface area (Å²) in [4.78, 5) is 0.